The molecule has 0 bridgehead atoms. The fourth-order valence-corrected chi connectivity index (χ4v) is 2.25. The van der Waals surface area contributed by atoms with E-state index in [0.29, 0.717) is 23.1 Å². The molecule has 5 nitrogen and oxygen atoms in total. The lowest BCUT2D eigenvalue weighted by Crippen LogP contribution is -2.13. The minimum atomic E-state index is -0.867. The Bertz CT molecular complexity index is 1010. The van der Waals surface area contributed by atoms with Crippen molar-refractivity contribution in [1.82, 2.24) is 4.98 Å². The Hall–Kier alpha value is -3.79. The number of anilines is 3. The van der Waals surface area contributed by atoms with Gasteiger partial charge in [-0.2, -0.15) is 5.26 Å². The summed E-state index contributed by atoms with van der Waals surface area (Å²) < 4.78 is 26.6. The number of rotatable bonds is 4. The Balaban J connectivity index is 1.80. The van der Waals surface area contributed by atoms with Crippen LogP contribution >= 0.6 is 0 Å². The maximum Gasteiger partial charge on any atom is 0.255 e. The van der Waals surface area contributed by atoms with E-state index < -0.39 is 17.5 Å². The van der Waals surface area contributed by atoms with Crippen molar-refractivity contribution in [3.8, 4) is 6.07 Å². The molecule has 0 aliphatic carbocycles. The van der Waals surface area contributed by atoms with E-state index in [1.807, 2.05) is 0 Å². The number of nitrogens with zero attached hydrogens (tertiary/aromatic N) is 2. The van der Waals surface area contributed by atoms with Crippen molar-refractivity contribution in [3.05, 3.63) is 83.6 Å². The molecule has 1 amide bonds. The first-order chi connectivity index (χ1) is 12.6. The van der Waals surface area contributed by atoms with Crippen LogP contribution in [0.15, 0.2) is 60.8 Å². The zero-order valence-corrected chi connectivity index (χ0v) is 13.3. The second-order valence-corrected chi connectivity index (χ2v) is 5.29. The van der Waals surface area contributed by atoms with Gasteiger partial charge in [0.15, 0.2) is 0 Å². The van der Waals surface area contributed by atoms with Crippen molar-refractivity contribution in [2.24, 2.45) is 0 Å². The Morgan fingerprint density at radius 3 is 2.62 bits per heavy atom. The lowest BCUT2D eigenvalue weighted by atomic mass is 10.2. The molecule has 0 atom stereocenters. The van der Waals surface area contributed by atoms with Gasteiger partial charge in [0.2, 0.25) is 0 Å². The molecule has 3 rings (SSSR count). The third-order valence-corrected chi connectivity index (χ3v) is 3.51. The largest absolute Gasteiger partial charge is 0.339 e. The molecule has 0 fully saturated rings. The highest BCUT2D eigenvalue weighted by atomic mass is 19.1. The van der Waals surface area contributed by atoms with Crippen molar-refractivity contribution in [1.29, 1.82) is 5.26 Å². The van der Waals surface area contributed by atoms with Gasteiger partial charge in [-0.05, 0) is 36.4 Å². The molecular formula is C19H12F2N4O. The standard InChI is InChI=1S/C19H12F2N4O/c20-14-5-6-17(15(21)10-14)25-19(26)12-7-8-23-18(9-12)24-16-4-2-1-3-13(16)11-22/h1-10H,(H,23,24)(H,25,26). The van der Waals surface area contributed by atoms with Crippen LogP contribution in [-0.2, 0) is 0 Å². The number of para-hydroxylation sites is 1. The highest BCUT2D eigenvalue weighted by molar-refractivity contribution is 6.04. The molecule has 26 heavy (non-hydrogen) atoms. The number of carbonyl (C=O) groups is 1. The maximum atomic E-state index is 13.7. The van der Waals surface area contributed by atoms with Gasteiger partial charge in [0.25, 0.3) is 5.91 Å². The molecule has 7 heteroatoms. The summed E-state index contributed by atoms with van der Waals surface area (Å²) in [7, 11) is 0. The fraction of sp³-hybridized carbons (Fsp3) is 0. The van der Waals surface area contributed by atoms with Gasteiger partial charge in [0, 0.05) is 17.8 Å². The topological polar surface area (TPSA) is 77.8 Å². The number of benzene rings is 2. The average molecular weight is 350 g/mol. The normalized spacial score (nSPS) is 10.0. The monoisotopic (exact) mass is 350 g/mol. The molecule has 0 aliphatic rings. The van der Waals surface area contributed by atoms with Crippen molar-refractivity contribution in [2.45, 2.75) is 0 Å². The number of aromatic nitrogens is 1. The average Bonchev–Trinajstić information content (AvgIpc) is 2.64. The van der Waals surface area contributed by atoms with E-state index in [1.54, 1.807) is 24.3 Å². The van der Waals surface area contributed by atoms with Crippen LogP contribution in [0.5, 0.6) is 0 Å². The van der Waals surface area contributed by atoms with Crippen molar-refractivity contribution in [3.63, 3.8) is 0 Å². The highest BCUT2D eigenvalue weighted by Crippen LogP contribution is 2.20. The van der Waals surface area contributed by atoms with Crippen LogP contribution in [0, 0.1) is 23.0 Å². The van der Waals surface area contributed by atoms with Crippen LogP contribution in [0.25, 0.3) is 0 Å². The van der Waals surface area contributed by atoms with Crippen molar-refractivity contribution >= 4 is 23.1 Å². The molecule has 128 valence electrons. The number of amides is 1. The summed E-state index contributed by atoms with van der Waals surface area (Å²) in [4.78, 5) is 16.4. The zero-order valence-electron chi connectivity index (χ0n) is 13.3. The van der Waals surface area contributed by atoms with Crippen LogP contribution in [0.3, 0.4) is 0 Å². The van der Waals surface area contributed by atoms with E-state index in [0.717, 1.165) is 12.1 Å². The summed E-state index contributed by atoms with van der Waals surface area (Å²) in [5.74, 6) is -1.82. The number of nitrogens with one attached hydrogen (secondary N) is 2. The third-order valence-electron chi connectivity index (χ3n) is 3.51. The summed E-state index contributed by atoms with van der Waals surface area (Å²) in [5.41, 5.74) is 1.07. The van der Waals surface area contributed by atoms with E-state index in [4.69, 9.17) is 5.26 Å². The van der Waals surface area contributed by atoms with Gasteiger partial charge in [-0.25, -0.2) is 13.8 Å². The van der Waals surface area contributed by atoms with Crippen molar-refractivity contribution < 1.29 is 13.6 Å². The van der Waals surface area contributed by atoms with Crippen LogP contribution in [0.4, 0.5) is 26.0 Å². The van der Waals surface area contributed by atoms with E-state index >= 15 is 0 Å². The summed E-state index contributed by atoms with van der Waals surface area (Å²) in [6, 6.07) is 14.7. The lowest BCUT2D eigenvalue weighted by molar-refractivity contribution is 0.102. The molecule has 0 saturated carbocycles. The molecule has 0 spiro atoms. The molecule has 2 aromatic carbocycles. The summed E-state index contributed by atoms with van der Waals surface area (Å²) in [6.07, 6.45) is 1.41. The first-order valence-corrected chi connectivity index (χ1v) is 7.55. The molecule has 0 unspecified atom stereocenters. The first-order valence-electron chi connectivity index (χ1n) is 7.55. The van der Waals surface area contributed by atoms with Crippen LogP contribution < -0.4 is 10.6 Å². The van der Waals surface area contributed by atoms with E-state index in [2.05, 4.69) is 21.7 Å². The number of nitriles is 1. The van der Waals surface area contributed by atoms with Gasteiger partial charge < -0.3 is 10.6 Å². The van der Waals surface area contributed by atoms with Crippen LogP contribution in [0.1, 0.15) is 15.9 Å². The molecule has 0 radical (unpaired) electrons. The highest BCUT2D eigenvalue weighted by Gasteiger charge is 2.11. The number of carbonyl (C=O) groups excluding carboxylic acids is 1. The van der Waals surface area contributed by atoms with Crippen molar-refractivity contribution in [2.75, 3.05) is 10.6 Å². The zero-order chi connectivity index (χ0) is 18.5. The fourth-order valence-electron chi connectivity index (χ4n) is 2.25. The van der Waals surface area contributed by atoms with Crippen LogP contribution in [-0.4, -0.2) is 10.9 Å². The lowest BCUT2D eigenvalue weighted by Gasteiger charge is -2.10. The summed E-state index contributed by atoms with van der Waals surface area (Å²) in [5, 5.41) is 14.5. The smallest absolute Gasteiger partial charge is 0.255 e. The number of halogens is 2. The molecule has 2 N–H and O–H groups in total. The number of hydrogen-bond donors (Lipinski definition) is 2. The minimum Gasteiger partial charge on any atom is -0.339 e. The Labute approximate surface area is 147 Å². The number of pyridine rings is 1. The Kier molecular flexibility index (Phi) is 4.85. The molecular weight excluding hydrogens is 338 g/mol. The van der Waals surface area contributed by atoms with Gasteiger partial charge >= 0.3 is 0 Å². The van der Waals surface area contributed by atoms with Crippen LogP contribution in [0.2, 0.25) is 0 Å². The second kappa shape index (κ2) is 7.40. The first kappa shape index (κ1) is 17.0. The summed E-state index contributed by atoms with van der Waals surface area (Å²) >= 11 is 0. The molecule has 0 saturated heterocycles. The quantitative estimate of drug-likeness (QED) is 0.738. The second-order valence-electron chi connectivity index (χ2n) is 5.29. The number of hydrogen-bond acceptors (Lipinski definition) is 4. The minimum absolute atomic E-state index is 0.127. The Morgan fingerprint density at radius 2 is 1.85 bits per heavy atom. The third kappa shape index (κ3) is 3.82. The van der Waals surface area contributed by atoms with E-state index in [9.17, 15) is 13.6 Å². The maximum absolute atomic E-state index is 13.7. The predicted octanol–water partition coefficient (Wildman–Crippen LogP) is 4.23. The van der Waals surface area contributed by atoms with Gasteiger partial charge in [-0.1, -0.05) is 12.1 Å². The van der Waals surface area contributed by atoms with Gasteiger partial charge in [-0.3, -0.25) is 4.79 Å². The predicted molar refractivity (Wildman–Crippen MR) is 93.0 cm³/mol. The van der Waals surface area contributed by atoms with Gasteiger partial charge in [0.1, 0.15) is 23.5 Å². The summed E-state index contributed by atoms with van der Waals surface area (Å²) in [6.45, 7) is 0. The van der Waals surface area contributed by atoms with Gasteiger partial charge in [0.05, 0.1) is 16.9 Å². The molecule has 3 aromatic rings. The van der Waals surface area contributed by atoms with Gasteiger partial charge in [-0.15, -0.1) is 0 Å². The molecule has 1 aromatic heterocycles. The SMILES string of the molecule is N#Cc1ccccc1Nc1cc(C(=O)Nc2ccc(F)cc2F)ccn1. The van der Waals surface area contributed by atoms with E-state index in [1.165, 1.54) is 18.3 Å². The Morgan fingerprint density at radius 1 is 1.04 bits per heavy atom. The molecule has 0 aliphatic heterocycles. The molecule has 1 heterocycles. The van der Waals surface area contributed by atoms with E-state index in [-0.39, 0.29) is 11.3 Å².